The van der Waals surface area contributed by atoms with Crippen LogP contribution in [-0.4, -0.2) is 40.0 Å². The minimum Gasteiger partial charge on any atom is -0.349 e. The summed E-state index contributed by atoms with van der Waals surface area (Å²) in [7, 11) is 0. The first-order valence-electron chi connectivity index (χ1n) is 10.5. The van der Waals surface area contributed by atoms with Gasteiger partial charge in [-0.05, 0) is 55.7 Å². The number of hydrogen-bond donors (Lipinski definition) is 1. The minimum atomic E-state index is -0.371. The maximum Gasteiger partial charge on any atom is 0.266 e. The molecule has 1 amide bonds. The number of aromatic nitrogens is 1. The molecule has 1 aromatic carbocycles. The molecule has 2 aromatic rings. The summed E-state index contributed by atoms with van der Waals surface area (Å²) in [6.45, 7) is 10.2. The lowest BCUT2D eigenvalue weighted by molar-refractivity contribution is -0.112. The number of aryl methyl sites for hydroxylation is 1. The van der Waals surface area contributed by atoms with Crippen LogP contribution in [0.2, 0.25) is 0 Å². The van der Waals surface area contributed by atoms with E-state index in [0.29, 0.717) is 0 Å². The van der Waals surface area contributed by atoms with Gasteiger partial charge >= 0.3 is 0 Å². The van der Waals surface area contributed by atoms with Crippen molar-refractivity contribution in [2.45, 2.75) is 40.3 Å². The van der Waals surface area contributed by atoms with E-state index in [1.165, 1.54) is 17.1 Å². The summed E-state index contributed by atoms with van der Waals surface area (Å²) in [4.78, 5) is 15.2. The molecule has 0 spiro atoms. The van der Waals surface area contributed by atoms with Crippen molar-refractivity contribution in [3.8, 4) is 6.07 Å². The molecule has 1 aliphatic heterocycles. The van der Waals surface area contributed by atoms with E-state index in [-0.39, 0.29) is 11.5 Å². The Balaban J connectivity index is 1.72. The third-order valence-electron chi connectivity index (χ3n) is 5.42. The van der Waals surface area contributed by atoms with Crippen LogP contribution < -0.4 is 5.32 Å². The van der Waals surface area contributed by atoms with Gasteiger partial charge in [-0.3, -0.25) is 9.69 Å². The highest BCUT2D eigenvalue weighted by Crippen LogP contribution is 2.20. The second-order valence-corrected chi connectivity index (χ2v) is 8.92. The molecule has 1 saturated heterocycles. The highest BCUT2D eigenvalue weighted by molar-refractivity contribution is 7.99. The molecule has 1 aliphatic rings. The lowest BCUT2D eigenvalue weighted by Crippen LogP contribution is -2.31. The molecule has 1 aromatic heterocycles. The molecule has 0 bridgehead atoms. The van der Waals surface area contributed by atoms with E-state index < -0.39 is 0 Å². The van der Waals surface area contributed by atoms with E-state index in [0.717, 1.165) is 55.2 Å². The molecule has 0 saturated carbocycles. The summed E-state index contributed by atoms with van der Waals surface area (Å²) in [5, 5.41) is 12.5. The number of rotatable bonds is 7. The van der Waals surface area contributed by atoms with Gasteiger partial charge in [0.2, 0.25) is 0 Å². The molecule has 30 heavy (non-hydrogen) atoms. The predicted octanol–water partition coefficient (Wildman–Crippen LogP) is 4.61. The maximum absolute atomic E-state index is 12.8. The number of carbonyl (C=O) groups is 1. The number of anilines is 1. The minimum absolute atomic E-state index is 0.116. The van der Waals surface area contributed by atoms with Crippen LogP contribution in [0.3, 0.4) is 0 Å². The topological polar surface area (TPSA) is 61.1 Å². The fourth-order valence-corrected chi connectivity index (χ4v) is 4.79. The number of nitrogens with zero attached hydrogens (tertiary/aromatic N) is 3. The number of carbonyl (C=O) groups excluding carboxylic acids is 1. The molecule has 158 valence electrons. The lowest BCUT2D eigenvalue weighted by atomic mass is 10.1. The Morgan fingerprint density at radius 1 is 1.27 bits per heavy atom. The molecule has 6 heteroatoms. The van der Waals surface area contributed by atoms with Crippen LogP contribution >= 0.6 is 11.8 Å². The second kappa shape index (κ2) is 10.5. The fourth-order valence-electron chi connectivity index (χ4n) is 3.81. The zero-order valence-corrected chi connectivity index (χ0v) is 18.9. The van der Waals surface area contributed by atoms with Crippen molar-refractivity contribution in [1.29, 1.82) is 5.26 Å². The van der Waals surface area contributed by atoms with Gasteiger partial charge in [0.15, 0.2) is 0 Å². The molecule has 0 aliphatic carbocycles. The third kappa shape index (κ3) is 5.56. The summed E-state index contributed by atoms with van der Waals surface area (Å²) in [6, 6.07) is 12.0. The third-order valence-corrected chi connectivity index (χ3v) is 6.36. The number of thioether (sulfide) groups is 1. The summed E-state index contributed by atoms with van der Waals surface area (Å²) in [5.41, 5.74) is 5.15. The standard InChI is InChI=1S/C24H30N4OS/c1-4-8-28-18(2)13-21(19(28)3)15-22(16-25)24(29)26-23-7-5-6-20(14-23)17-27-9-11-30-12-10-27/h5-7,13-15H,4,8-12,17H2,1-3H3,(H,26,29)/b22-15-. The first kappa shape index (κ1) is 22.2. The molecule has 0 atom stereocenters. The smallest absolute Gasteiger partial charge is 0.266 e. The van der Waals surface area contributed by atoms with Crippen LogP contribution in [0.25, 0.3) is 6.08 Å². The van der Waals surface area contributed by atoms with Gasteiger partial charge in [-0.25, -0.2) is 0 Å². The lowest BCUT2D eigenvalue weighted by Gasteiger charge is -2.26. The molecule has 2 heterocycles. The van der Waals surface area contributed by atoms with Gasteiger partial charge < -0.3 is 9.88 Å². The molecule has 0 unspecified atom stereocenters. The average molecular weight is 423 g/mol. The molecular formula is C24H30N4OS. The summed E-state index contributed by atoms with van der Waals surface area (Å²) in [5.74, 6) is 1.97. The molecular weight excluding hydrogens is 392 g/mol. The Morgan fingerprint density at radius 2 is 2.03 bits per heavy atom. The summed E-state index contributed by atoms with van der Waals surface area (Å²) < 4.78 is 2.22. The Kier molecular flexibility index (Phi) is 7.78. The zero-order chi connectivity index (χ0) is 21.5. The van der Waals surface area contributed by atoms with Crippen molar-refractivity contribution in [1.82, 2.24) is 9.47 Å². The van der Waals surface area contributed by atoms with E-state index in [2.05, 4.69) is 40.8 Å². The van der Waals surface area contributed by atoms with Crippen LogP contribution in [0, 0.1) is 25.2 Å². The van der Waals surface area contributed by atoms with Crippen molar-refractivity contribution >= 4 is 29.4 Å². The normalized spacial score (nSPS) is 15.1. The maximum atomic E-state index is 12.8. The predicted molar refractivity (Wildman–Crippen MR) is 125 cm³/mol. The largest absolute Gasteiger partial charge is 0.349 e. The van der Waals surface area contributed by atoms with E-state index in [4.69, 9.17) is 0 Å². The van der Waals surface area contributed by atoms with Crippen molar-refractivity contribution in [2.75, 3.05) is 29.9 Å². The van der Waals surface area contributed by atoms with Gasteiger partial charge in [0.1, 0.15) is 11.6 Å². The Labute approximate surface area is 183 Å². The van der Waals surface area contributed by atoms with E-state index in [1.807, 2.05) is 43.0 Å². The Morgan fingerprint density at radius 3 is 2.73 bits per heavy atom. The number of benzene rings is 1. The summed E-state index contributed by atoms with van der Waals surface area (Å²) in [6.07, 6.45) is 2.73. The zero-order valence-electron chi connectivity index (χ0n) is 18.1. The number of hydrogen-bond acceptors (Lipinski definition) is 4. The van der Waals surface area contributed by atoms with E-state index in [1.54, 1.807) is 6.08 Å². The monoisotopic (exact) mass is 422 g/mol. The van der Waals surface area contributed by atoms with Gasteiger partial charge in [0.25, 0.3) is 5.91 Å². The van der Waals surface area contributed by atoms with Gasteiger partial charge in [0, 0.05) is 54.8 Å². The summed E-state index contributed by atoms with van der Waals surface area (Å²) >= 11 is 2.00. The van der Waals surface area contributed by atoms with Crippen molar-refractivity contribution in [3.05, 3.63) is 58.4 Å². The molecule has 3 rings (SSSR count). The van der Waals surface area contributed by atoms with Gasteiger partial charge in [-0.1, -0.05) is 19.1 Å². The molecule has 0 radical (unpaired) electrons. The molecule has 1 fully saturated rings. The molecule has 1 N–H and O–H groups in total. The SMILES string of the molecule is CCCn1c(C)cc(/C=C(/C#N)C(=O)Nc2cccc(CN3CCSCC3)c2)c1C. The van der Waals surface area contributed by atoms with Crippen LogP contribution in [-0.2, 0) is 17.9 Å². The Hall–Kier alpha value is -2.49. The van der Waals surface area contributed by atoms with Gasteiger partial charge in [0.05, 0.1) is 0 Å². The van der Waals surface area contributed by atoms with E-state index >= 15 is 0 Å². The van der Waals surface area contributed by atoms with Crippen LogP contribution in [0.4, 0.5) is 5.69 Å². The van der Waals surface area contributed by atoms with Crippen molar-refractivity contribution in [3.63, 3.8) is 0 Å². The van der Waals surface area contributed by atoms with Crippen LogP contribution in [0.5, 0.6) is 0 Å². The van der Waals surface area contributed by atoms with Gasteiger partial charge in [-0.2, -0.15) is 17.0 Å². The highest BCUT2D eigenvalue weighted by Gasteiger charge is 2.14. The molecule has 5 nitrogen and oxygen atoms in total. The van der Waals surface area contributed by atoms with Crippen LogP contribution in [0.15, 0.2) is 35.9 Å². The number of amides is 1. The van der Waals surface area contributed by atoms with E-state index in [9.17, 15) is 10.1 Å². The van der Waals surface area contributed by atoms with Crippen molar-refractivity contribution < 1.29 is 4.79 Å². The number of nitrogens with one attached hydrogen (secondary N) is 1. The average Bonchev–Trinajstić information content (AvgIpc) is 3.00. The van der Waals surface area contributed by atoms with Gasteiger partial charge in [-0.15, -0.1) is 0 Å². The quantitative estimate of drug-likeness (QED) is 0.523. The van der Waals surface area contributed by atoms with Crippen LogP contribution in [0.1, 0.15) is 35.9 Å². The van der Waals surface area contributed by atoms with Crippen molar-refractivity contribution in [2.24, 2.45) is 0 Å². The first-order chi connectivity index (χ1) is 14.5. The fraction of sp³-hybridized carbons (Fsp3) is 0.417. The Bertz CT molecular complexity index is 964. The number of nitriles is 1. The highest BCUT2D eigenvalue weighted by atomic mass is 32.2. The second-order valence-electron chi connectivity index (χ2n) is 7.69. The first-order valence-corrected chi connectivity index (χ1v) is 11.7.